The van der Waals surface area contributed by atoms with Gasteiger partial charge in [-0.25, -0.2) is 5.14 Å². The second kappa shape index (κ2) is 4.37. The van der Waals surface area contributed by atoms with E-state index in [9.17, 15) is 8.42 Å². The Labute approximate surface area is 91.4 Å². The number of hydrogen-bond donors (Lipinski definition) is 1. The van der Waals surface area contributed by atoms with Crippen molar-refractivity contribution in [2.75, 3.05) is 26.2 Å². The molecule has 2 rings (SSSR count). The van der Waals surface area contributed by atoms with E-state index in [1.165, 1.54) is 23.6 Å². The van der Waals surface area contributed by atoms with Crippen molar-refractivity contribution in [2.45, 2.75) is 31.7 Å². The first-order chi connectivity index (χ1) is 7.07. The van der Waals surface area contributed by atoms with Crippen molar-refractivity contribution in [3.8, 4) is 0 Å². The van der Waals surface area contributed by atoms with Crippen molar-refractivity contribution >= 4 is 10.2 Å². The molecular formula is C9H19N3O2S. The van der Waals surface area contributed by atoms with E-state index in [2.05, 4.69) is 4.90 Å². The summed E-state index contributed by atoms with van der Waals surface area (Å²) in [4.78, 5) is 2.41. The molecule has 0 amide bonds. The molecule has 2 aliphatic rings. The molecule has 1 unspecified atom stereocenters. The van der Waals surface area contributed by atoms with Gasteiger partial charge in [0.05, 0.1) is 0 Å². The zero-order valence-electron chi connectivity index (χ0n) is 8.93. The summed E-state index contributed by atoms with van der Waals surface area (Å²) in [6.07, 6.45) is 4.72. The van der Waals surface area contributed by atoms with Gasteiger partial charge >= 0.3 is 0 Å². The van der Waals surface area contributed by atoms with Gasteiger partial charge in [0.25, 0.3) is 10.2 Å². The summed E-state index contributed by atoms with van der Waals surface area (Å²) in [6.45, 7) is 3.39. The van der Waals surface area contributed by atoms with Crippen molar-refractivity contribution in [3.63, 3.8) is 0 Å². The van der Waals surface area contributed by atoms with Crippen LogP contribution in [0.5, 0.6) is 0 Å². The summed E-state index contributed by atoms with van der Waals surface area (Å²) in [6, 6.07) is 0.392. The SMILES string of the molecule is NS(=O)(=O)N1CCC(N2CCCCC2)C1. The zero-order valence-corrected chi connectivity index (χ0v) is 9.75. The summed E-state index contributed by atoms with van der Waals surface area (Å²) in [5, 5.41) is 5.11. The van der Waals surface area contributed by atoms with Gasteiger partial charge in [0.15, 0.2) is 0 Å². The van der Waals surface area contributed by atoms with Crippen LogP contribution in [0.2, 0.25) is 0 Å². The van der Waals surface area contributed by atoms with Gasteiger partial charge in [-0.15, -0.1) is 0 Å². The molecule has 5 nitrogen and oxygen atoms in total. The Kier molecular flexibility index (Phi) is 3.30. The van der Waals surface area contributed by atoms with Gasteiger partial charge in [-0.2, -0.15) is 12.7 Å². The van der Waals surface area contributed by atoms with Crippen LogP contribution in [0.4, 0.5) is 0 Å². The third-order valence-electron chi connectivity index (χ3n) is 3.39. The number of likely N-dealkylation sites (tertiary alicyclic amines) is 1. The molecule has 0 spiro atoms. The van der Waals surface area contributed by atoms with E-state index in [0.29, 0.717) is 19.1 Å². The Balaban J connectivity index is 1.92. The molecule has 2 saturated heterocycles. The van der Waals surface area contributed by atoms with Crippen molar-refractivity contribution < 1.29 is 8.42 Å². The highest BCUT2D eigenvalue weighted by Crippen LogP contribution is 2.20. The van der Waals surface area contributed by atoms with Crippen LogP contribution < -0.4 is 5.14 Å². The van der Waals surface area contributed by atoms with Crippen molar-refractivity contribution in [2.24, 2.45) is 5.14 Å². The summed E-state index contributed by atoms with van der Waals surface area (Å²) in [7, 11) is -3.47. The maximum absolute atomic E-state index is 11.1. The lowest BCUT2D eigenvalue weighted by molar-refractivity contribution is 0.169. The topological polar surface area (TPSA) is 66.6 Å². The second-order valence-corrected chi connectivity index (χ2v) is 5.99. The van der Waals surface area contributed by atoms with Crippen LogP contribution in [0.1, 0.15) is 25.7 Å². The van der Waals surface area contributed by atoms with E-state index in [1.807, 2.05) is 0 Å². The lowest BCUT2D eigenvalue weighted by atomic mass is 10.1. The molecule has 15 heavy (non-hydrogen) atoms. The van der Waals surface area contributed by atoms with Crippen LogP contribution in [0.25, 0.3) is 0 Å². The molecule has 6 heteroatoms. The third-order valence-corrected chi connectivity index (χ3v) is 4.44. The van der Waals surface area contributed by atoms with Crippen molar-refractivity contribution in [1.29, 1.82) is 0 Å². The fourth-order valence-corrected chi connectivity index (χ4v) is 3.26. The molecule has 0 aromatic heterocycles. The Morgan fingerprint density at radius 2 is 1.73 bits per heavy atom. The highest BCUT2D eigenvalue weighted by atomic mass is 32.2. The smallest absolute Gasteiger partial charge is 0.276 e. The molecule has 2 aliphatic heterocycles. The Bertz CT molecular complexity index is 311. The molecular weight excluding hydrogens is 214 g/mol. The third kappa shape index (κ3) is 2.69. The van der Waals surface area contributed by atoms with Crippen LogP contribution in [0.3, 0.4) is 0 Å². The quantitative estimate of drug-likeness (QED) is 0.715. The van der Waals surface area contributed by atoms with Gasteiger partial charge in [-0.3, -0.25) is 4.90 Å². The predicted octanol–water partition coefficient (Wildman–Crippen LogP) is -0.250. The van der Waals surface area contributed by atoms with E-state index < -0.39 is 10.2 Å². The van der Waals surface area contributed by atoms with E-state index >= 15 is 0 Å². The maximum Gasteiger partial charge on any atom is 0.276 e. The normalized spacial score (nSPS) is 30.9. The minimum Gasteiger partial charge on any atom is -0.299 e. The Morgan fingerprint density at radius 1 is 1.07 bits per heavy atom. The van der Waals surface area contributed by atoms with Crippen LogP contribution in [-0.4, -0.2) is 49.8 Å². The molecule has 0 saturated carbocycles. The van der Waals surface area contributed by atoms with E-state index in [1.54, 1.807) is 0 Å². The highest BCUT2D eigenvalue weighted by Gasteiger charge is 2.32. The summed E-state index contributed by atoms with van der Waals surface area (Å²) >= 11 is 0. The lowest BCUT2D eigenvalue weighted by Crippen LogP contribution is -2.42. The number of rotatable bonds is 2. The van der Waals surface area contributed by atoms with Crippen molar-refractivity contribution in [1.82, 2.24) is 9.21 Å². The van der Waals surface area contributed by atoms with Crippen LogP contribution in [-0.2, 0) is 10.2 Å². The highest BCUT2D eigenvalue weighted by molar-refractivity contribution is 7.86. The molecule has 0 aromatic carbocycles. The van der Waals surface area contributed by atoms with Gasteiger partial charge in [0.2, 0.25) is 0 Å². The minimum absolute atomic E-state index is 0.392. The molecule has 0 aliphatic carbocycles. The van der Waals surface area contributed by atoms with Gasteiger partial charge in [-0.05, 0) is 32.4 Å². The molecule has 0 bridgehead atoms. The largest absolute Gasteiger partial charge is 0.299 e. The standard InChI is InChI=1S/C9H19N3O2S/c10-15(13,14)12-7-4-9(8-12)11-5-2-1-3-6-11/h9H,1-8H2,(H2,10,13,14). The number of piperidine rings is 1. The first-order valence-corrected chi connectivity index (χ1v) is 7.09. The summed E-state index contributed by atoms with van der Waals surface area (Å²) < 4.78 is 23.7. The average Bonchev–Trinajstić information content (AvgIpc) is 2.67. The molecule has 1 atom stereocenters. The zero-order chi connectivity index (χ0) is 10.9. The monoisotopic (exact) mass is 233 g/mol. The van der Waals surface area contributed by atoms with Gasteiger partial charge in [0.1, 0.15) is 0 Å². The Hall–Kier alpha value is -0.170. The molecule has 0 radical (unpaired) electrons. The van der Waals surface area contributed by atoms with E-state index in [0.717, 1.165) is 19.5 Å². The molecule has 2 heterocycles. The second-order valence-electron chi connectivity index (χ2n) is 4.44. The molecule has 88 valence electrons. The fraction of sp³-hybridized carbons (Fsp3) is 1.00. The minimum atomic E-state index is -3.47. The number of nitrogens with zero attached hydrogens (tertiary/aromatic N) is 2. The van der Waals surface area contributed by atoms with Crippen LogP contribution >= 0.6 is 0 Å². The van der Waals surface area contributed by atoms with Gasteiger partial charge in [0, 0.05) is 19.1 Å². The average molecular weight is 233 g/mol. The first-order valence-electron chi connectivity index (χ1n) is 5.59. The van der Waals surface area contributed by atoms with Crippen molar-refractivity contribution in [3.05, 3.63) is 0 Å². The van der Waals surface area contributed by atoms with Gasteiger partial charge in [-0.1, -0.05) is 6.42 Å². The Morgan fingerprint density at radius 3 is 2.27 bits per heavy atom. The van der Waals surface area contributed by atoms with Crippen LogP contribution in [0.15, 0.2) is 0 Å². The van der Waals surface area contributed by atoms with Gasteiger partial charge < -0.3 is 0 Å². The number of hydrogen-bond acceptors (Lipinski definition) is 3. The first kappa shape index (κ1) is 11.3. The van der Waals surface area contributed by atoms with Crippen LogP contribution in [0, 0.1) is 0 Å². The number of nitrogens with two attached hydrogens (primary N) is 1. The lowest BCUT2D eigenvalue weighted by Gasteiger charge is -2.31. The summed E-state index contributed by atoms with van der Waals surface area (Å²) in [5.41, 5.74) is 0. The molecule has 2 N–H and O–H groups in total. The fourth-order valence-electron chi connectivity index (χ4n) is 2.52. The summed E-state index contributed by atoms with van der Waals surface area (Å²) in [5.74, 6) is 0. The predicted molar refractivity (Wildman–Crippen MR) is 58.5 cm³/mol. The molecule has 0 aromatic rings. The maximum atomic E-state index is 11.1. The van der Waals surface area contributed by atoms with E-state index in [-0.39, 0.29) is 0 Å². The molecule has 2 fully saturated rings. The van der Waals surface area contributed by atoms with E-state index in [4.69, 9.17) is 5.14 Å².